The summed E-state index contributed by atoms with van der Waals surface area (Å²) in [5, 5.41) is 0. The lowest BCUT2D eigenvalue weighted by Gasteiger charge is -2.35. The van der Waals surface area contributed by atoms with E-state index in [-0.39, 0.29) is 49.1 Å². The molecule has 9 heteroatoms. The summed E-state index contributed by atoms with van der Waals surface area (Å²) in [7, 11) is 0. The van der Waals surface area contributed by atoms with Crippen LogP contribution in [0.3, 0.4) is 0 Å². The third-order valence-corrected chi connectivity index (χ3v) is 4.26. The maximum Gasteiger partial charge on any atom is 0.573 e. The Hall–Kier alpha value is -3.10. The predicted octanol–water partition coefficient (Wildman–Crippen LogP) is 3.32. The fraction of sp³-hybridized carbons (Fsp3) is 0.263. The van der Waals surface area contributed by atoms with Gasteiger partial charge in [-0.2, -0.15) is 0 Å². The highest BCUT2D eigenvalue weighted by Crippen LogP contribution is 2.23. The zero-order chi connectivity index (χ0) is 20.3. The zero-order valence-corrected chi connectivity index (χ0v) is 14.6. The first-order valence-corrected chi connectivity index (χ1v) is 8.43. The van der Waals surface area contributed by atoms with Crippen LogP contribution in [0.4, 0.5) is 17.6 Å². The second-order valence-electron chi connectivity index (χ2n) is 6.17. The van der Waals surface area contributed by atoms with Crippen LogP contribution in [0.5, 0.6) is 5.75 Å². The van der Waals surface area contributed by atoms with Gasteiger partial charge in [0.15, 0.2) is 0 Å². The number of halogens is 4. The van der Waals surface area contributed by atoms with Gasteiger partial charge in [0.05, 0.1) is 0 Å². The van der Waals surface area contributed by atoms with E-state index >= 15 is 0 Å². The Bertz CT molecular complexity index is 860. The summed E-state index contributed by atoms with van der Waals surface area (Å²) < 4.78 is 53.6. The lowest BCUT2D eigenvalue weighted by atomic mass is 10.1. The molecule has 0 bridgehead atoms. The molecule has 0 atom stereocenters. The molecule has 3 rings (SSSR count). The molecule has 1 saturated heterocycles. The SMILES string of the molecule is O=C(c1ccc(OC(F)(F)F)cc1)N1CCN(C(=O)c2cccc(F)c2)CC1. The molecule has 1 heterocycles. The Labute approximate surface area is 158 Å². The minimum Gasteiger partial charge on any atom is -0.406 e. The van der Waals surface area contributed by atoms with Crippen LogP contribution < -0.4 is 4.74 Å². The molecule has 0 saturated carbocycles. The molecule has 1 aliphatic rings. The Morgan fingerprint density at radius 1 is 0.821 bits per heavy atom. The normalized spacial score (nSPS) is 14.7. The van der Waals surface area contributed by atoms with E-state index in [1.54, 1.807) is 0 Å². The summed E-state index contributed by atoms with van der Waals surface area (Å²) in [6.07, 6.45) is -4.80. The van der Waals surface area contributed by atoms with E-state index < -0.39 is 17.9 Å². The van der Waals surface area contributed by atoms with Gasteiger partial charge in [-0.1, -0.05) is 6.07 Å². The molecule has 28 heavy (non-hydrogen) atoms. The van der Waals surface area contributed by atoms with Gasteiger partial charge in [-0.25, -0.2) is 4.39 Å². The first-order chi connectivity index (χ1) is 13.2. The third kappa shape index (κ3) is 4.79. The van der Waals surface area contributed by atoms with Crippen LogP contribution >= 0.6 is 0 Å². The Balaban J connectivity index is 1.58. The van der Waals surface area contributed by atoms with Crippen LogP contribution in [0.2, 0.25) is 0 Å². The molecular formula is C19H16F4N2O3. The average molecular weight is 396 g/mol. The van der Waals surface area contributed by atoms with Gasteiger partial charge in [0, 0.05) is 37.3 Å². The maximum absolute atomic E-state index is 13.3. The second kappa shape index (κ2) is 7.87. The minimum atomic E-state index is -4.80. The molecule has 0 aromatic heterocycles. The average Bonchev–Trinajstić information content (AvgIpc) is 2.66. The number of piperazine rings is 1. The van der Waals surface area contributed by atoms with Crippen molar-refractivity contribution in [2.45, 2.75) is 6.36 Å². The minimum absolute atomic E-state index is 0.222. The van der Waals surface area contributed by atoms with Crippen molar-refractivity contribution >= 4 is 11.8 Å². The molecule has 2 aromatic rings. The maximum atomic E-state index is 13.3. The monoisotopic (exact) mass is 396 g/mol. The molecule has 5 nitrogen and oxygen atoms in total. The highest BCUT2D eigenvalue weighted by Gasteiger charge is 2.31. The van der Waals surface area contributed by atoms with Crippen molar-refractivity contribution in [3.8, 4) is 5.75 Å². The smallest absolute Gasteiger partial charge is 0.406 e. The van der Waals surface area contributed by atoms with Gasteiger partial charge >= 0.3 is 6.36 Å². The highest BCUT2D eigenvalue weighted by atomic mass is 19.4. The number of rotatable bonds is 3. The Kier molecular flexibility index (Phi) is 5.53. The molecule has 2 aromatic carbocycles. The number of nitrogens with zero attached hydrogens (tertiary/aromatic N) is 2. The van der Waals surface area contributed by atoms with Gasteiger partial charge in [0.1, 0.15) is 11.6 Å². The molecule has 1 aliphatic heterocycles. The molecular weight excluding hydrogens is 380 g/mol. The highest BCUT2D eigenvalue weighted by molar-refractivity contribution is 5.96. The standard InChI is InChI=1S/C19H16F4N2O3/c20-15-3-1-2-14(12-15)18(27)25-10-8-24(9-11-25)17(26)13-4-6-16(7-5-13)28-19(21,22)23/h1-7,12H,8-11H2. The van der Waals surface area contributed by atoms with Crippen LogP contribution in [0.15, 0.2) is 48.5 Å². The number of hydrogen-bond acceptors (Lipinski definition) is 3. The summed E-state index contributed by atoms with van der Waals surface area (Å²) in [5.74, 6) is -1.58. The van der Waals surface area contributed by atoms with E-state index in [0.29, 0.717) is 0 Å². The number of benzene rings is 2. The first kappa shape index (κ1) is 19.7. The number of carbonyl (C=O) groups is 2. The van der Waals surface area contributed by atoms with E-state index in [2.05, 4.69) is 4.74 Å². The van der Waals surface area contributed by atoms with Gasteiger partial charge in [-0.15, -0.1) is 13.2 Å². The van der Waals surface area contributed by atoms with Gasteiger partial charge in [-0.05, 0) is 42.5 Å². The van der Waals surface area contributed by atoms with Gasteiger partial charge in [-0.3, -0.25) is 9.59 Å². The van der Waals surface area contributed by atoms with Gasteiger partial charge in [0.25, 0.3) is 11.8 Å². The summed E-state index contributed by atoms with van der Waals surface area (Å²) >= 11 is 0. The van der Waals surface area contributed by atoms with Gasteiger partial charge < -0.3 is 14.5 Å². The first-order valence-electron chi connectivity index (χ1n) is 8.43. The number of carbonyl (C=O) groups excluding carboxylic acids is 2. The van der Waals surface area contributed by atoms with E-state index in [1.165, 1.54) is 40.1 Å². The van der Waals surface area contributed by atoms with Crippen LogP contribution in [0.1, 0.15) is 20.7 Å². The molecule has 1 fully saturated rings. The number of amides is 2. The molecule has 0 unspecified atom stereocenters. The fourth-order valence-corrected chi connectivity index (χ4v) is 2.90. The van der Waals surface area contributed by atoms with Crippen LogP contribution in [0.25, 0.3) is 0 Å². The molecule has 148 valence electrons. The van der Waals surface area contributed by atoms with Crippen molar-refractivity contribution in [2.75, 3.05) is 26.2 Å². The molecule has 2 amide bonds. The van der Waals surface area contributed by atoms with E-state index in [1.807, 2.05) is 0 Å². The molecule has 0 spiro atoms. The second-order valence-corrected chi connectivity index (χ2v) is 6.17. The van der Waals surface area contributed by atoms with E-state index in [0.717, 1.165) is 18.2 Å². The summed E-state index contributed by atoms with van der Waals surface area (Å²) in [5.41, 5.74) is 0.458. The number of ether oxygens (including phenoxy) is 1. The molecule has 0 radical (unpaired) electrons. The van der Waals surface area contributed by atoms with Crippen LogP contribution in [-0.4, -0.2) is 54.2 Å². The zero-order valence-electron chi connectivity index (χ0n) is 14.6. The van der Waals surface area contributed by atoms with Crippen molar-refractivity contribution in [3.63, 3.8) is 0 Å². The van der Waals surface area contributed by atoms with Crippen molar-refractivity contribution in [2.24, 2.45) is 0 Å². The summed E-state index contributed by atoms with van der Waals surface area (Å²) in [6.45, 7) is 1.08. The summed E-state index contributed by atoms with van der Waals surface area (Å²) in [4.78, 5) is 27.9. The van der Waals surface area contributed by atoms with Gasteiger partial charge in [0.2, 0.25) is 0 Å². The van der Waals surface area contributed by atoms with Crippen molar-refractivity contribution in [1.82, 2.24) is 9.80 Å². The molecule has 0 N–H and O–H groups in total. The quantitative estimate of drug-likeness (QED) is 0.748. The number of alkyl halides is 3. The van der Waals surface area contributed by atoms with E-state index in [9.17, 15) is 27.2 Å². The Morgan fingerprint density at radius 3 is 1.86 bits per heavy atom. The van der Waals surface area contributed by atoms with Crippen LogP contribution in [-0.2, 0) is 0 Å². The topological polar surface area (TPSA) is 49.9 Å². The predicted molar refractivity (Wildman–Crippen MR) is 91.3 cm³/mol. The number of hydrogen-bond donors (Lipinski definition) is 0. The van der Waals surface area contributed by atoms with Crippen molar-refractivity contribution in [1.29, 1.82) is 0 Å². The summed E-state index contributed by atoms with van der Waals surface area (Å²) in [6, 6.07) is 10.0. The third-order valence-electron chi connectivity index (χ3n) is 4.26. The van der Waals surface area contributed by atoms with Crippen molar-refractivity contribution in [3.05, 3.63) is 65.5 Å². The fourth-order valence-electron chi connectivity index (χ4n) is 2.90. The van der Waals surface area contributed by atoms with Crippen LogP contribution in [0, 0.1) is 5.82 Å². The van der Waals surface area contributed by atoms with E-state index in [4.69, 9.17) is 0 Å². The lowest BCUT2D eigenvalue weighted by Crippen LogP contribution is -2.50. The largest absolute Gasteiger partial charge is 0.573 e. The lowest BCUT2D eigenvalue weighted by molar-refractivity contribution is -0.274. The van der Waals surface area contributed by atoms with Crippen molar-refractivity contribution < 1.29 is 31.9 Å². The molecule has 0 aliphatic carbocycles. The Morgan fingerprint density at radius 2 is 1.36 bits per heavy atom.